The summed E-state index contributed by atoms with van der Waals surface area (Å²) >= 11 is 0. The van der Waals surface area contributed by atoms with Gasteiger partial charge in [-0.1, -0.05) is 5.16 Å². The van der Waals surface area contributed by atoms with E-state index in [1.807, 2.05) is 0 Å². The Morgan fingerprint density at radius 2 is 2.05 bits per heavy atom. The maximum atomic E-state index is 12.8. The van der Waals surface area contributed by atoms with Gasteiger partial charge in [-0.3, -0.25) is 0 Å². The largest absolute Gasteiger partial charge is 0.475 e. The summed E-state index contributed by atoms with van der Waals surface area (Å²) in [6.07, 6.45) is -2.88. The number of nitrogens with zero attached hydrogens (tertiary/aromatic N) is 2. The summed E-state index contributed by atoms with van der Waals surface area (Å²) in [5, 5.41) is 12.8. The molecule has 0 bridgehead atoms. The monoisotopic (exact) mass is 310 g/mol. The number of carboxylic acid groups (broad SMARTS) is 1. The van der Waals surface area contributed by atoms with E-state index in [1.54, 1.807) is 17.8 Å². The molecule has 1 N–H and O–H groups in total. The van der Waals surface area contributed by atoms with Crippen molar-refractivity contribution in [3.05, 3.63) is 41.8 Å². The Kier molecular flexibility index (Phi) is 2.98. The lowest BCUT2D eigenvalue weighted by molar-refractivity contribution is -0.137. The van der Waals surface area contributed by atoms with Gasteiger partial charge < -0.3 is 14.2 Å². The molecule has 22 heavy (non-hydrogen) atoms. The molecule has 2 heterocycles. The molecule has 5 nitrogen and oxygen atoms in total. The van der Waals surface area contributed by atoms with Gasteiger partial charge in [0.25, 0.3) is 0 Å². The number of rotatable bonds is 2. The fourth-order valence-corrected chi connectivity index (χ4v) is 2.28. The highest BCUT2D eigenvalue weighted by Crippen LogP contribution is 2.35. The van der Waals surface area contributed by atoms with Gasteiger partial charge in [-0.2, -0.15) is 13.2 Å². The minimum atomic E-state index is -4.46. The number of carboxylic acids is 1. The molecule has 0 saturated carbocycles. The number of hydrogen-bond acceptors (Lipinski definition) is 3. The van der Waals surface area contributed by atoms with Gasteiger partial charge in [0, 0.05) is 35.8 Å². The van der Waals surface area contributed by atoms with Crippen molar-refractivity contribution in [2.75, 3.05) is 0 Å². The predicted molar refractivity (Wildman–Crippen MR) is 70.4 cm³/mol. The molecule has 0 fully saturated rings. The van der Waals surface area contributed by atoms with Crippen LogP contribution in [0.4, 0.5) is 13.2 Å². The second-order valence-corrected chi connectivity index (χ2v) is 4.76. The lowest BCUT2D eigenvalue weighted by Gasteiger charge is -2.07. The van der Waals surface area contributed by atoms with Gasteiger partial charge in [-0.05, 0) is 18.2 Å². The third kappa shape index (κ3) is 2.22. The molecular weight excluding hydrogens is 301 g/mol. The van der Waals surface area contributed by atoms with Crippen LogP contribution in [0.25, 0.3) is 22.2 Å². The molecule has 0 radical (unpaired) electrons. The van der Waals surface area contributed by atoms with Crippen LogP contribution in [-0.4, -0.2) is 20.8 Å². The Labute approximate surface area is 121 Å². The molecule has 3 rings (SSSR count). The molecule has 8 heteroatoms. The van der Waals surface area contributed by atoms with Crippen molar-refractivity contribution in [2.45, 2.75) is 6.18 Å². The summed E-state index contributed by atoms with van der Waals surface area (Å²) in [7, 11) is 1.68. The number of aromatic carboxylic acids is 1. The maximum absolute atomic E-state index is 12.8. The zero-order valence-corrected chi connectivity index (χ0v) is 11.2. The van der Waals surface area contributed by atoms with E-state index < -0.39 is 17.7 Å². The average Bonchev–Trinajstić information content (AvgIpc) is 3.03. The number of carbonyl (C=O) groups is 1. The summed E-state index contributed by atoms with van der Waals surface area (Å²) in [6, 6.07) is 4.55. The Morgan fingerprint density at radius 1 is 1.32 bits per heavy atom. The van der Waals surface area contributed by atoms with Gasteiger partial charge in [-0.15, -0.1) is 0 Å². The predicted octanol–water partition coefficient (Wildman–Crippen LogP) is 3.55. The normalized spacial score (nSPS) is 12.0. The third-order valence-electron chi connectivity index (χ3n) is 3.31. The molecule has 2 aromatic heterocycles. The molecule has 114 valence electrons. The first-order valence-electron chi connectivity index (χ1n) is 6.14. The minimum Gasteiger partial charge on any atom is -0.475 e. The summed E-state index contributed by atoms with van der Waals surface area (Å²) in [5.41, 5.74) is 0.333. The zero-order valence-electron chi connectivity index (χ0n) is 11.2. The summed E-state index contributed by atoms with van der Waals surface area (Å²) in [4.78, 5) is 10.8. The van der Waals surface area contributed by atoms with E-state index in [9.17, 15) is 18.0 Å². The van der Waals surface area contributed by atoms with Crippen LogP contribution in [0.3, 0.4) is 0 Å². The summed E-state index contributed by atoms with van der Waals surface area (Å²) < 4.78 is 44.8. The lowest BCUT2D eigenvalue weighted by atomic mass is 10.1. The fourth-order valence-electron chi connectivity index (χ4n) is 2.28. The van der Waals surface area contributed by atoms with Crippen molar-refractivity contribution in [1.82, 2.24) is 9.72 Å². The molecule has 0 atom stereocenters. The topological polar surface area (TPSA) is 68.3 Å². The number of aryl methyl sites for hydroxylation is 1. The van der Waals surface area contributed by atoms with Gasteiger partial charge in [0.05, 0.1) is 5.56 Å². The lowest BCUT2D eigenvalue weighted by Crippen LogP contribution is -2.04. The van der Waals surface area contributed by atoms with E-state index >= 15 is 0 Å². The number of benzene rings is 1. The van der Waals surface area contributed by atoms with Crippen LogP contribution in [0.2, 0.25) is 0 Å². The van der Waals surface area contributed by atoms with Crippen LogP contribution >= 0.6 is 0 Å². The molecule has 1 aromatic carbocycles. The number of fused-ring (bicyclic) bond motifs is 1. The Bertz CT molecular complexity index is 877. The number of halogens is 3. The van der Waals surface area contributed by atoms with Crippen molar-refractivity contribution in [3.8, 4) is 11.3 Å². The van der Waals surface area contributed by atoms with Crippen LogP contribution in [-0.2, 0) is 13.2 Å². The molecule has 0 aliphatic heterocycles. The van der Waals surface area contributed by atoms with Gasteiger partial charge in [0.2, 0.25) is 5.76 Å². The number of alkyl halides is 3. The van der Waals surface area contributed by atoms with E-state index in [2.05, 4.69) is 9.68 Å². The van der Waals surface area contributed by atoms with Crippen LogP contribution in [0.1, 0.15) is 16.1 Å². The third-order valence-corrected chi connectivity index (χ3v) is 3.31. The van der Waals surface area contributed by atoms with Crippen LogP contribution < -0.4 is 0 Å². The summed E-state index contributed by atoms with van der Waals surface area (Å²) in [5.74, 6) is -1.67. The van der Waals surface area contributed by atoms with Crippen molar-refractivity contribution in [2.24, 2.45) is 7.05 Å². The van der Waals surface area contributed by atoms with Crippen molar-refractivity contribution >= 4 is 16.9 Å². The molecule has 0 saturated heterocycles. The Morgan fingerprint density at radius 3 is 2.64 bits per heavy atom. The number of aromatic nitrogens is 2. The van der Waals surface area contributed by atoms with E-state index in [0.717, 1.165) is 12.1 Å². The van der Waals surface area contributed by atoms with E-state index in [4.69, 9.17) is 5.11 Å². The number of hydrogen-bond donors (Lipinski definition) is 1. The van der Waals surface area contributed by atoms with E-state index in [0.29, 0.717) is 16.5 Å². The molecule has 0 aliphatic rings. The smallest absolute Gasteiger partial charge is 0.416 e. The Hall–Kier alpha value is -2.77. The first-order chi connectivity index (χ1) is 10.3. The standard InChI is InChI=1S/C14H9F3N2O3/c1-19-6-9(10-5-12(13(20)21)22-18-10)8-4-7(14(15,16)17)2-3-11(8)19/h2-6H,1H3,(H,20,21). The minimum absolute atomic E-state index is 0.169. The second-order valence-electron chi connectivity index (χ2n) is 4.76. The molecule has 0 amide bonds. The first-order valence-corrected chi connectivity index (χ1v) is 6.14. The van der Waals surface area contributed by atoms with Gasteiger partial charge in [0.1, 0.15) is 5.69 Å². The maximum Gasteiger partial charge on any atom is 0.416 e. The summed E-state index contributed by atoms with van der Waals surface area (Å²) in [6.45, 7) is 0. The zero-order chi connectivity index (χ0) is 16.1. The molecule has 3 aromatic rings. The first kappa shape index (κ1) is 14.2. The van der Waals surface area contributed by atoms with Crippen LogP contribution in [0, 0.1) is 0 Å². The average molecular weight is 310 g/mol. The highest BCUT2D eigenvalue weighted by atomic mass is 19.4. The fraction of sp³-hybridized carbons (Fsp3) is 0.143. The Balaban J connectivity index is 2.22. The van der Waals surface area contributed by atoms with Crippen molar-refractivity contribution < 1.29 is 27.6 Å². The van der Waals surface area contributed by atoms with Gasteiger partial charge >= 0.3 is 12.1 Å². The van der Waals surface area contributed by atoms with Gasteiger partial charge in [-0.25, -0.2) is 4.79 Å². The molecule has 0 aliphatic carbocycles. The van der Waals surface area contributed by atoms with Gasteiger partial charge in [0.15, 0.2) is 0 Å². The second kappa shape index (κ2) is 4.62. The van der Waals surface area contributed by atoms with E-state index in [-0.39, 0.29) is 11.5 Å². The quantitative estimate of drug-likeness (QED) is 0.786. The SMILES string of the molecule is Cn1cc(-c2cc(C(=O)O)on2)c2cc(C(F)(F)F)ccc21. The van der Waals surface area contributed by atoms with Crippen LogP contribution in [0.15, 0.2) is 35.0 Å². The molecule has 0 unspecified atom stereocenters. The highest BCUT2D eigenvalue weighted by molar-refractivity contribution is 5.96. The molecule has 0 spiro atoms. The van der Waals surface area contributed by atoms with Crippen LogP contribution in [0.5, 0.6) is 0 Å². The van der Waals surface area contributed by atoms with Crippen molar-refractivity contribution in [3.63, 3.8) is 0 Å². The molecular formula is C14H9F3N2O3. The highest BCUT2D eigenvalue weighted by Gasteiger charge is 2.31. The van der Waals surface area contributed by atoms with Crippen molar-refractivity contribution in [1.29, 1.82) is 0 Å². The van der Waals surface area contributed by atoms with E-state index in [1.165, 1.54) is 12.1 Å².